The molecule has 1 aliphatic heterocycles. The number of para-hydroxylation sites is 1. The van der Waals surface area contributed by atoms with Crippen LogP contribution in [0.4, 0.5) is 4.39 Å². The van der Waals surface area contributed by atoms with Crippen molar-refractivity contribution in [3.63, 3.8) is 0 Å². The Labute approximate surface area is 156 Å². The van der Waals surface area contributed by atoms with Crippen LogP contribution in [0, 0.1) is 12.7 Å². The van der Waals surface area contributed by atoms with Gasteiger partial charge in [-0.25, -0.2) is 9.07 Å². The summed E-state index contributed by atoms with van der Waals surface area (Å²) >= 11 is 0. The maximum atomic E-state index is 12.4. The predicted octanol–water partition coefficient (Wildman–Crippen LogP) is 4.29. The van der Waals surface area contributed by atoms with Gasteiger partial charge < -0.3 is 19.7 Å². The van der Waals surface area contributed by atoms with E-state index in [-0.39, 0.29) is 12.0 Å². The number of hydrogen-bond donors (Lipinski definition) is 2. The molecule has 1 aliphatic rings. The highest BCUT2D eigenvalue weighted by molar-refractivity contribution is 5.86. The maximum Gasteiger partial charge on any atom is 0.194 e. The summed E-state index contributed by atoms with van der Waals surface area (Å²) < 4.78 is 24.7. The quantitative estimate of drug-likeness (QED) is 0.700. The fourth-order valence-corrected chi connectivity index (χ4v) is 3.02. The van der Waals surface area contributed by atoms with Crippen LogP contribution in [0.25, 0.3) is 10.9 Å². The molecule has 6 nitrogen and oxygen atoms in total. The van der Waals surface area contributed by atoms with Crippen LogP contribution >= 0.6 is 0 Å². The van der Waals surface area contributed by atoms with Gasteiger partial charge in [0.15, 0.2) is 23.5 Å². The molecule has 144 valence electrons. The summed E-state index contributed by atoms with van der Waals surface area (Å²) in [6.45, 7) is 2.69. The molecule has 1 saturated heterocycles. The van der Waals surface area contributed by atoms with Crippen LogP contribution in [0.5, 0.6) is 17.2 Å². The SMILES string of the molecule is COc1cccc(F)c1O.Cc1ccc2c(cnn2C2CCCCO2)c1O. The maximum absolute atomic E-state index is 12.4. The smallest absolute Gasteiger partial charge is 0.194 e. The van der Waals surface area contributed by atoms with Crippen molar-refractivity contribution in [2.45, 2.75) is 32.4 Å². The molecule has 1 fully saturated rings. The number of aromatic nitrogens is 2. The molecule has 2 heterocycles. The second-order valence-corrected chi connectivity index (χ2v) is 6.36. The Morgan fingerprint density at radius 2 is 2.00 bits per heavy atom. The van der Waals surface area contributed by atoms with Gasteiger partial charge >= 0.3 is 0 Å². The molecule has 2 N–H and O–H groups in total. The zero-order chi connectivity index (χ0) is 19.4. The van der Waals surface area contributed by atoms with Gasteiger partial charge in [-0.3, -0.25) is 0 Å². The van der Waals surface area contributed by atoms with Crippen LogP contribution in [-0.4, -0.2) is 33.7 Å². The minimum Gasteiger partial charge on any atom is -0.507 e. The van der Waals surface area contributed by atoms with E-state index >= 15 is 0 Å². The van der Waals surface area contributed by atoms with Crippen LogP contribution < -0.4 is 4.74 Å². The minimum atomic E-state index is -0.667. The van der Waals surface area contributed by atoms with E-state index in [1.54, 1.807) is 6.20 Å². The standard InChI is InChI=1S/C13H16N2O2.C7H7FO2/c1-9-5-6-11-10(13(9)16)8-14-15(11)12-4-2-3-7-17-12;1-10-6-4-2-3-5(8)7(6)9/h5-6,8,12,16H,2-4,7H2,1H3;2-4,9H,1H3. The Morgan fingerprint density at radius 1 is 1.19 bits per heavy atom. The number of fused-ring (bicyclic) bond motifs is 1. The van der Waals surface area contributed by atoms with Gasteiger partial charge in [0.25, 0.3) is 0 Å². The van der Waals surface area contributed by atoms with Crippen molar-refractivity contribution >= 4 is 10.9 Å². The number of ether oxygens (including phenoxy) is 2. The zero-order valence-corrected chi connectivity index (χ0v) is 15.4. The molecule has 1 unspecified atom stereocenters. The lowest BCUT2D eigenvalue weighted by Crippen LogP contribution is -2.18. The van der Waals surface area contributed by atoms with Crippen molar-refractivity contribution in [3.05, 3.63) is 47.9 Å². The Bertz CT molecular complexity index is 920. The second kappa shape index (κ2) is 8.26. The Hall–Kier alpha value is -2.80. The number of benzene rings is 2. The summed E-state index contributed by atoms with van der Waals surface area (Å²) in [5.41, 5.74) is 1.82. The average Bonchev–Trinajstić information content (AvgIpc) is 3.13. The van der Waals surface area contributed by atoms with E-state index < -0.39 is 11.6 Å². The fourth-order valence-electron chi connectivity index (χ4n) is 3.02. The van der Waals surface area contributed by atoms with E-state index in [9.17, 15) is 9.50 Å². The molecule has 0 radical (unpaired) electrons. The third-order valence-electron chi connectivity index (χ3n) is 4.55. The summed E-state index contributed by atoms with van der Waals surface area (Å²) in [6.07, 6.45) is 5.02. The third kappa shape index (κ3) is 3.98. The van der Waals surface area contributed by atoms with Crippen molar-refractivity contribution in [2.24, 2.45) is 0 Å². The van der Waals surface area contributed by atoms with E-state index in [0.29, 0.717) is 5.75 Å². The normalized spacial score (nSPS) is 16.6. The van der Waals surface area contributed by atoms with Crippen molar-refractivity contribution in [3.8, 4) is 17.2 Å². The van der Waals surface area contributed by atoms with Crippen LogP contribution in [-0.2, 0) is 4.74 Å². The molecule has 4 rings (SSSR count). The average molecular weight is 374 g/mol. The highest BCUT2D eigenvalue weighted by Gasteiger charge is 2.19. The molecule has 1 aromatic heterocycles. The number of hydrogen-bond acceptors (Lipinski definition) is 5. The van der Waals surface area contributed by atoms with Gasteiger partial charge in [-0.2, -0.15) is 5.10 Å². The lowest BCUT2D eigenvalue weighted by Gasteiger charge is -2.23. The lowest BCUT2D eigenvalue weighted by molar-refractivity contribution is -0.0366. The molecule has 0 spiro atoms. The van der Waals surface area contributed by atoms with E-state index in [2.05, 4.69) is 9.84 Å². The van der Waals surface area contributed by atoms with Gasteiger partial charge in [-0.15, -0.1) is 0 Å². The highest BCUT2D eigenvalue weighted by atomic mass is 19.1. The number of aryl methyl sites for hydroxylation is 1. The molecule has 7 heteroatoms. The van der Waals surface area contributed by atoms with Crippen molar-refractivity contribution < 1.29 is 24.1 Å². The first kappa shape index (κ1) is 19.0. The Kier molecular flexibility index (Phi) is 5.81. The number of nitrogens with zero attached hydrogens (tertiary/aromatic N) is 2. The summed E-state index contributed by atoms with van der Waals surface area (Å²) in [7, 11) is 1.37. The Morgan fingerprint density at radius 3 is 2.67 bits per heavy atom. The fraction of sp³-hybridized carbons (Fsp3) is 0.350. The van der Waals surface area contributed by atoms with Crippen LogP contribution in [0.15, 0.2) is 36.5 Å². The Balaban J connectivity index is 0.000000180. The number of rotatable bonds is 2. The van der Waals surface area contributed by atoms with Gasteiger partial charge in [-0.05, 0) is 49.9 Å². The molecular formula is C20H23FN2O4. The lowest BCUT2D eigenvalue weighted by atomic mass is 10.1. The molecule has 1 atom stereocenters. The van der Waals surface area contributed by atoms with E-state index in [4.69, 9.17) is 9.84 Å². The predicted molar refractivity (Wildman–Crippen MR) is 99.6 cm³/mol. The number of phenolic OH excluding ortho intramolecular Hbond substituents is 2. The van der Waals surface area contributed by atoms with Crippen LogP contribution in [0.3, 0.4) is 0 Å². The van der Waals surface area contributed by atoms with Gasteiger partial charge in [0.05, 0.1) is 24.2 Å². The van der Waals surface area contributed by atoms with Crippen LogP contribution in [0.1, 0.15) is 31.1 Å². The third-order valence-corrected chi connectivity index (χ3v) is 4.55. The van der Waals surface area contributed by atoms with Gasteiger partial charge in [0.1, 0.15) is 5.75 Å². The van der Waals surface area contributed by atoms with Gasteiger partial charge in [0, 0.05) is 6.61 Å². The molecule has 0 bridgehead atoms. The van der Waals surface area contributed by atoms with E-state index in [1.807, 2.05) is 23.7 Å². The number of phenols is 2. The topological polar surface area (TPSA) is 76.7 Å². The number of methoxy groups -OCH3 is 1. The largest absolute Gasteiger partial charge is 0.507 e. The van der Waals surface area contributed by atoms with E-state index in [1.165, 1.54) is 25.7 Å². The van der Waals surface area contributed by atoms with Crippen molar-refractivity contribution in [1.82, 2.24) is 9.78 Å². The molecule has 27 heavy (non-hydrogen) atoms. The van der Waals surface area contributed by atoms with Crippen LogP contribution in [0.2, 0.25) is 0 Å². The summed E-state index contributed by atoms with van der Waals surface area (Å²) in [5.74, 6) is -0.631. The first-order valence-electron chi connectivity index (χ1n) is 8.81. The molecule has 0 aliphatic carbocycles. The van der Waals surface area contributed by atoms with Gasteiger partial charge in [0.2, 0.25) is 0 Å². The first-order valence-corrected chi connectivity index (χ1v) is 8.81. The molecular weight excluding hydrogens is 351 g/mol. The van der Waals surface area contributed by atoms with Crippen molar-refractivity contribution in [2.75, 3.05) is 13.7 Å². The van der Waals surface area contributed by atoms with Crippen molar-refractivity contribution in [1.29, 1.82) is 0 Å². The monoisotopic (exact) mass is 374 g/mol. The molecule has 3 aromatic rings. The summed E-state index contributed by atoms with van der Waals surface area (Å²) in [4.78, 5) is 0. The van der Waals surface area contributed by atoms with Gasteiger partial charge in [-0.1, -0.05) is 12.1 Å². The second-order valence-electron chi connectivity index (χ2n) is 6.36. The van der Waals surface area contributed by atoms with E-state index in [0.717, 1.165) is 42.0 Å². The molecule has 0 amide bonds. The molecule has 0 saturated carbocycles. The summed E-state index contributed by atoms with van der Waals surface area (Å²) in [6, 6.07) is 8.03. The highest BCUT2D eigenvalue weighted by Crippen LogP contribution is 2.32. The molecule has 2 aromatic carbocycles. The zero-order valence-electron chi connectivity index (χ0n) is 15.4. The minimum absolute atomic E-state index is 0.0170. The number of aromatic hydroxyl groups is 2. The summed E-state index contributed by atoms with van der Waals surface area (Å²) in [5, 5.41) is 24.0. The number of halogens is 1. The first-order chi connectivity index (χ1) is 13.0.